The van der Waals surface area contributed by atoms with Crippen LogP contribution in [0.3, 0.4) is 0 Å². The Hall–Kier alpha value is -1.03. The van der Waals surface area contributed by atoms with E-state index in [1.165, 1.54) is 11.1 Å². The second-order valence-corrected chi connectivity index (χ2v) is 5.37. The van der Waals surface area contributed by atoms with Crippen molar-refractivity contribution in [1.82, 2.24) is 5.32 Å². The molecule has 0 fully saturated rings. The molecular formula is C14H21BrN2O. The molecule has 1 atom stereocenters. The van der Waals surface area contributed by atoms with E-state index in [9.17, 15) is 4.79 Å². The summed E-state index contributed by atoms with van der Waals surface area (Å²) in [6.45, 7) is 8.73. The van der Waals surface area contributed by atoms with E-state index in [1.54, 1.807) is 0 Å². The lowest BCUT2D eigenvalue weighted by Gasteiger charge is -2.16. The lowest BCUT2D eigenvalue weighted by atomic mass is 10.1. The van der Waals surface area contributed by atoms with Crippen molar-refractivity contribution in [3.63, 3.8) is 0 Å². The number of amides is 1. The van der Waals surface area contributed by atoms with Gasteiger partial charge < -0.3 is 10.6 Å². The Morgan fingerprint density at radius 2 is 1.89 bits per heavy atom. The predicted octanol–water partition coefficient (Wildman–Crippen LogP) is 3.39. The van der Waals surface area contributed by atoms with Crippen LogP contribution in [0.25, 0.3) is 0 Å². The van der Waals surface area contributed by atoms with Gasteiger partial charge in [-0.2, -0.15) is 0 Å². The van der Waals surface area contributed by atoms with Crippen LogP contribution in [0, 0.1) is 13.8 Å². The lowest BCUT2D eigenvalue weighted by Crippen LogP contribution is -2.37. The van der Waals surface area contributed by atoms with Crippen molar-refractivity contribution in [2.24, 2.45) is 0 Å². The van der Waals surface area contributed by atoms with Gasteiger partial charge in [0.05, 0.1) is 0 Å². The Balaban J connectivity index is 2.70. The van der Waals surface area contributed by atoms with E-state index in [4.69, 9.17) is 0 Å². The normalized spacial score (nSPS) is 12.1. The molecule has 0 heterocycles. The van der Waals surface area contributed by atoms with Crippen molar-refractivity contribution in [3.8, 4) is 0 Å². The van der Waals surface area contributed by atoms with Gasteiger partial charge in [-0.15, -0.1) is 0 Å². The summed E-state index contributed by atoms with van der Waals surface area (Å²) in [5.74, 6) is 0.0371. The average molecular weight is 313 g/mol. The van der Waals surface area contributed by atoms with Crippen molar-refractivity contribution in [3.05, 3.63) is 27.7 Å². The van der Waals surface area contributed by atoms with Gasteiger partial charge >= 0.3 is 0 Å². The second kappa shape index (κ2) is 6.78. The number of hydrogen-bond acceptors (Lipinski definition) is 2. The highest BCUT2D eigenvalue weighted by Gasteiger charge is 2.12. The van der Waals surface area contributed by atoms with Crippen LogP contribution in [0.15, 0.2) is 16.6 Å². The van der Waals surface area contributed by atoms with Gasteiger partial charge in [-0.25, -0.2) is 0 Å². The van der Waals surface area contributed by atoms with E-state index < -0.39 is 0 Å². The molecule has 2 N–H and O–H groups in total. The summed E-state index contributed by atoms with van der Waals surface area (Å²) in [6.07, 6.45) is 0.953. The van der Waals surface area contributed by atoms with E-state index >= 15 is 0 Å². The number of hydrogen-bond donors (Lipinski definition) is 2. The first-order valence-electron chi connectivity index (χ1n) is 6.26. The summed E-state index contributed by atoms with van der Waals surface area (Å²) in [5.41, 5.74) is 3.31. The van der Waals surface area contributed by atoms with Crippen LogP contribution in [-0.4, -0.2) is 18.5 Å². The van der Waals surface area contributed by atoms with Crippen LogP contribution in [0.5, 0.6) is 0 Å². The summed E-state index contributed by atoms with van der Waals surface area (Å²) in [4.78, 5) is 11.8. The van der Waals surface area contributed by atoms with Crippen LogP contribution in [0.1, 0.15) is 31.4 Å². The largest absolute Gasteiger partial charge is 0.374 e. The van der Waals surface area contributed by atoms with Crippen molar-refractivity contribution in [1.29, 1.82) is 0 Å². The number of nitrogens with one attached hydrogen (secondary N) is 2. The fraction of sp³-hybridized carbons (Fsp3) is 0.500. The quantitative estimate of drug-likeness (QED) is 0.875. The van der Waals surface area contributed by atoms with Crippen LogP contribution < -0.4 is 10.6 Å². The molecule has 4 heteroatoms. The Morgan fingerprint density at radius 1 is 1.33 bits per heavy atom. The minimum Gasteiger partial charge on any atom is -0.374 e. The third-order valence-corrected chi connectivity index (χ3v) is 4.01. The Bertz CT molecular complexity index is 409. The molecule has 1 aromatic carbocycles. The zero-order chi connectivity index (χ0) is 13.7. The smallest absolute Gasteiger partial charge is 0.242 e. The molecule has 0 radical (unpaired) electrons. The van der Waals surface area contributed by atoms with Gasteiger partial charge in [-0.05, 0) is 50.5 Å². The monoisotopic (exact) mass is 312 g/mol. The SMILES string of the molecule is CCCNC(=O)C(C)Nc1cc(C)c(Br)c(C)c1. The number of anilines is 1. The standard InChI is InChI=1S/C14H21BrN2O/c1-5-6-16-14(18)11(4)17-12-7-9(2)13(15)10(3)8-12/h7-8,11,17H,5-6H2,1-4H3,(H,16,18). The zero-order valence-electron chi connectivity index (χ0n) is 11.4. The van der Waals surface area contributed by atoms with Crippen molar-refractivity contribution in [2.45, 2.75) is 40.2 Å². The summed E-state index contributed by atoms with van der Waals surface area (Å²) in [7, 11) is 0. The van der Waals surface area contributed by atoms with Crippen LogP contribution in [0.4, 0.5) is 5.69 Å². The maximum absolute atomic E-state index is 11.8. The summed E-state index contributed by atoms with van der Waals surface area (Å²) >= 11 is 3.54. The minimum atomic E-state index is -0.225. The number of carbonyl (C=O) groups excluding carboxylic acids is 1. The molecule has 0 aromatic heterocycles. The van der Waals surface area contributed by atoms with Gasteiger partial charge in [0, 0.05) is 16.7 Å². The third-order valence-electron chi connectivity index (χ3n) is 2.76. The molecule has 0 aliphatic carbocycles. The summed E-state index contributed by atoms with van der Waals surface area (Å²) < 4.78 is 1.12. The molecule has 1 amide bonds. The van der Waals surface area contributed by atoms with E-state index in [0.29, 0.717) is 0 Å². The van der Waals surface area contributed by atoms with Crippen molar-refractivity contribution in [2.75, 3.05) is 11.9 Å². The Kier molecular flexibility index (Phi) is 5.66. The van der Waals surface area contributed by atoms with Gasteiger partial charge in [-0.1, -0.05) is 22.9 Å². The maximum atomic E-state index is 11.8. The molecule has 1 unspecified atom stereocenters. The lowest BCUT2D eigenvalue weighted by molar-refractivity contribution is -0.121. The molecular weight excluding hydrogens is 292 g/mol. The van der Waals surface area contributed by atoms with Gasteiger partial charge in [0.15, 0.2) is 0 Å². The van der Waals surface area contributed by atoms with E-state index in [0.717, 1.165) is 23.1 Å². The number of carbonyl (C=O) groups is 1. The molecule has 0 aliphatic rings. The average Bonchev–Trinajstić information content (AvgIpc) is 2.32. The van der Waals surface area contributed by atoms with Gasteiger partial charge in [-0.3, -0.25) is 4.79 Å². The molecule has 0 spiro atoms. The first-order chi connectivity index (χ1) is 8.45. The molecule has 3 nitrogen and oxygen atoms in total. The molecule has 0 bridgehead atoms. The van der Waals surface area contributed by atoms with Crippen LogP contribution >= 0.6 is 15.9 Å². The highest BCUT2D eigenvalue weighted by Crippen LogP contribution is 2.25. The first kappa shape index (κ1) is 15.0. The molecule has 1 rings (SSSR count). The topological polar surface area (TPSA) is 41.1 Å². The Labute approximate surface area is 117 Å². The first-order valence-corrected chi connectivity index (χ1v) is 7.06. The molecule has 0 saturated heterocycles. The highest BCUT2D eigenvalue weighted by molar-refractivity contribution is 9.10. The van der Waals surface area contributed by atoms with E-state index in [2.05, 4.69) is 26.6 Å². The summed E-state index contributed by atoms with van der Waals surface area (Å²) in [6, 6.07) is 3.86. The minimum absolute atomic E-state index is 0.0371. The number of halogens is 1. The zero-order valence-corrected chi connectivity index (χ0v) is 13.0. The fourth-order valence-corrected chi connectivity index (χ4v) is 1.97. The molecule has 18 heavy (non-hydrogen) atoms. The highest BCUT2D eigenvalue weighted by atomic mass is 79.9. The van der Waals surface area contributed by atoms with Crippen LogP contribution in [-0.2, 0) is 4.79 Å². The van der Waals surface area contributed by atoms with E-state index in [1.807, 2.05) is 39.8 Å². The second-order valence-electron chi connectivity index (χ2n) is 4.58. The Morgan fingerprint density at radius 3 is 2.39 bits per heavy atom. The predicted molar refractivity (Wildman–Crippen MR) is 80.0 cm³/mol. The molecule has 0 saturated carbocycles. The van der Waals surface area contributed by atoms with Crippen molar-refractivity contribution >= 4 is 27.5 Å². The van der Waals surface area contributed by atoms with Gasteiger partial charge in [0.2, 0.25) is 5.91 Å². The molecule has 0 aliphatic heterocycles. The van der Waals surface area contributed by atoms with Gasteiger partial charge in [0.25, 0.3) is 0 Å². The molecule has 100 valence electrons. The fourth-order valence-electron chi connectivity index (χ4n) is 1.75. The van der Waals surface area contributed by atoms with Crippen molar-refractivity contribution < 1.29 is 4.79 Å². The summed E-state index contributed by atoms with van der Waals surface area (Å²) in [5, 5.41) is 6.11. The van der Waals surface area contributed by atoms with Crippen LogP contribution in [0.2, 0.25) is 0 Å². The number of benzene rings is 1. The third kappa shape index (κ3) is 4.02. The van der Waals surface area contributed by atoms with E-state index in [-0.39, 0.29) is 11.9 Å². The number of aryl methyl sites for hydroxylation is 2. The van der Waals surface area contributed by atoms with Gasteiger partial charge in [0.1, 0.15) is 6.04 Å². The molecule has 1 aromatic rings. The number of rotatable bonds is 5. The maximum Gasteiger partial charge on any atom is 0.242 e.